The molecular formula is C21H17F2N3O2S. The van der Waals surface area contributed by atoms with E-state index in [1.165, 1.54) is 23.5 Å². The average molecular weight is 413 g/mol. The average Bonchev–Trinajstić information content (AvgIpc) is 3.25. The molecule has 0 saturated carbocycles. The molecule has 0 fully saturated rings. The van der Waals surface area contributed by atoms with Gasteiger partial charge in [0.05, 0.1) is 22.8 Å². The van der Waals surface area contributed by atoms with E-state index in [0.717, 1.165) is 21.5 Å². The van der Waals surface area contributed by atoms with Crippen LogP contribution in [-0.2, 0) is 6.54 Å². The van der Waals surface area contributed by atoms with E-state index in [-0.39, 0.29) is 17.3 Å². The van der Waals surface area contributed by atoms with Gasteiger partial charge in [-0.05, 0) is 30.7 Å². The third-order valence-corrected chi connectivity index (χ3v) is 5.50. The summed E-state index contributed by atoms with van der Waals surface area (Å²) in [6, 6.07) is 17.8. The number of ether oxygens (including phenoxy) is 1. The number of nitrogens with zero attached hydrogens (tertiary/aromatic N) is 2. The summed E-state index contributed by atoms with van der Waals surface area (Å²) >= 11 is 1.31. The van der Waals surface area contributed by atoms with Crippen molar-refractivity contribution in [1.82, 2.24) is 9.78 Å². The molecule has 0 aliphatic rings. The van der Waals surface area contributed by atoms with Crippen LogP contribution in [0.2, 0.25) is 0 Å². The zero-order chi connectivity index (χ0) is 20.4. The first-order chi connectivity index (χ1) is 14.0. The lowest BCUT2D eigenvalue weighted by molar-refractivity contribution is -0.0493. The maximum Gasteiger partial charge on any atom is 0.387 e. The summed E-state index contributed by atoms with van der Waals surface area (Å²) in [5.41, 5.74) is 2.12. The van der Waals surface area contributed by atoms with E-state index >= 15 is 0 Å². The predicted octanol–water partition coefficient (Wildman–Crippen LogP) is 5.31. The van der Waals surface area contributed by atoms with Gasteiger partial charge in [0, 0.05) is 5.39 Å². The van der Waals surface area contributed by atoms with Crippen LogP contribution in [0, 0.1) is 6.92 Å². The zero-order valence-electron chi connectivity index (χ0n) is 15.4. The van der Waals surface area contributed by atoms with Gasteiger partial charge in [-0.15, -0.1) is 11.3 Å². The number of anilines is 1. The predicted molar refractivity (Wildman–Crippen MR) is 109 cm³/mol. The Morgan fingerprint density at radius 1 is 1.17 bits per heavy atom. The maximum atomic E-state index is 12.7. The van der Waals surface area contributed by atoms with Gasteiger partial charge in [0.2, 0.25) is 0 Å². The molecule has 4 rings (SSSR count). The van der Waals surface area contributed by atoms with Crippen LogP contribution >= 0.6 is 11.3 Å². The van der Waals surface area contributed by atoms with E-state index in [0.29, 0.717) is 11.4 Å². The Hall–Kier alpha value is -3.26. The van der Waals surface area contributed by atoms with Crippen LogP contribution in [0.5, 0.6) is 5.75 Å². The first-order valence-electron chi connectivity index (χ1n) is 8.87. The van der Waals surface area contributed by atoms with Gasteiger partial charge in [0.25, 0.3) is 5.91 Å². The highest BCUT2D eigenvalue weighted by Crippen LogP contribution is 2.31. The van der Waals surface area contributed by atoms with E-state index in [9.17, 15) is 13.6 Å². The molecule has 2 aromatic heterocycles. The van der Waals surface area contributed by atoms with Crippen molar-refractivity contribution in [3.63, 3.8) is 0 Å². The van der Waals surface area contributed by atoms with Crippen molar-refractivity contribution in [2.24, 2.45) is 0 Å². The van der Waals surface area contributed by atoms with Gasteiger partial charge in [-0.1, -0.05) is 42.5 Å². The topological polar surface area (TPSA) is 56.2 Å². The molecule has 1 amide bonds. The van der Waals surface area contributed by atoms with Gasteiger partial charge < -0.3 is 10.1 Å². The van der Waals surface area contributed by atoms with Crippen molar-refractivity contribution in [1.29, 1.82) is 0 Å². The number of aryl methyl sites for hydroxylation is 1. The van der Waals surface area contributed by atoms with Crippen LogP contribution in [0.3, 0.4) is 0 Å². The number of carbonyl (C=O) groups excluding carboxylic acids is 1. The number of thiophene rings is 1. The molecule has 0 saturated heterocycles. The van der Waals surface area contributed by atoms with E-state index in [2.05, 4.69) is 15.2 Å². The molecule has 4 aromatic rings. The highest BCUT2D eigenvalue weighted by molar-refractivity contribution is 7.20. The lowest BCUT2D eigenvalue weighted by Gasteiger charge is -2.10. The molecule has 8 heteroatoms. The molecule has 0 aliphatic carbocycles. The minimum atomic E-state index is -2.97. The maximum absolute atomic E-state index is 12.7. The Labute approximate surface area is 169 Å². The highest BCUT2D eigenvalue weighted by atomic mass is 32.1. The number of benzene rings is 2. The Morgan fingerprint density at radius 2 is 1.90 bits per heavy atom. The lowest BCUT2D eigenvalue weighted by Crippen LogP contribution is -2.12. The molecule has 0 bridgehead atoms. The Kier molecular flexibility index (Phi) is 5.26. The molecule has 2 aromatic carbocycles. The Bertz CT molecular complexity index is 1160. The Morgan fingerprint density at radius 3 is 2.66 bits per heavy atom. The van der Waals surface area contributed by atoms with Crippen LogP contribution in [0.15, 0.2) is 60.7 Å². The van der Waals surface area contributed by atoms with Crippen molar-refractivity contribution in [3.8, 4) is 5.75 Å². The molecule has 0 atom stereocenters. The van der Waals surface area contributed by atoms with Gasteiger partial charge in [0.1, 0.15) is 10.6 Å². The molecule has 0 aliphatic heterocycles. The second kappa shape index (κ2) is 8.00. The molecule has 5 nitrogen and oxygen atoms in total. The zero-order valence-corrected chi connectivity index (χ0v) is 16.2. The number of rotatable bonds is 6. The van der Waals surface area contributed by atoms with Gasteiger partial charge in [-0.2, -0.15) is 13.9 Å². The number of hydrogen-bond acceptors (Lipinski definition) is 4. The fraction of sp³-hybridized carbons (Fsp3) is 0.143. The summed E-state index contributed by atoms with van der Waals surface area (Å²) in [6.45, 7) is -0.481. The van der Waals surface area contributed by atoms with Crippen LogP contribution in [0.1, 0.15) is 20.9 Å². The summed E-state index contributed by atoms with van der Waals surface area (Å²) in [7, 11) is 0. The molecule has 0 unspecified atom stereocenters. The highest BCUT2D eigenvalue weighted by Gasteiger charge is 2.18. The molecule has 2 heterocycles. The number of halogens is 2. The summed E-state index contributed by atoms with van der Waals surface area (Å²) in [4.78, 5) is 14.1. The number of carbonyl (C=O) groups is 1. The summed E-state index contributed by atoms with van der Waals surface area (Å²) in [6.07, 6.45) is 0. The monoisotopic (exact) mass is 413 g/mol. The second-order valence-corrected chi connectivity index (χ2v) is 7.42. The van der Waals surface area contributed by atoms with E-state index < -0.39 is 6.61 Å². The summed E-state index contributed by atoms with van der Waals surface area (Å²) in [5.74, 6) is -0.467. The van der Waals surface area contributed by atoms with Crippen LogP contribution in [0.4, 0.5) is 14.5 Å². The third-order valence-electron chi connectivity index (χ3n) is 4.36. The molecule has 29 heavy (non-hydrogen) atoms. The lowest BCUT2D eigenvalue weighted by atomic mass is 10.2. The first-order valence-corrected chi connectivity index (χ1v) is 9.69. The third kappa shape index (κ3) is 4.12. The number of nitrogens with one attached hydrogen (secondary N) is 1. The van der Waals surface area contributed by atoms with E-state index in [1.54, 1.807) is 18.2 Å². The minimum Gasteiger partial charge on any atom is -0.433 e. The Balaban J connectivity index is 1.60. The number of alkyl halides is 2. The van der Waals surface area contributed by atoms with E-state index in [1.807, 2.05) is 41.9 Å². The standard InChI is InChI=1S/C21H17F2N3O2S/c1-13-15-11-18(19(27)24-16-9-5-6-10-17(16)28-21(22)23)29-20(15)26(25-13)12-14-7-3-2-4-8-14/h2-11,21H,12H2,1H3,(H,24,27). The molecule has 0 spiro atoms. The van der Waals surface area contributed by atoms with Crippen LogP contribution in [0.25, 0.3) is 10.2 Å². The summed E-state index contributed by atoms with van der Waals surface area (Å²) in [5, 5.41) is 8.12. The van der Waals surface area contributed by atoms with Gasteiger partial charge >= 0.3 is 6.61 Å². The fourth-order valence-electron chi connectivity index (χ4n) is 3.04. The van der Waals surface area contributed by atoms with Gasteiger partial charge in [0.15, 0.2) is 0 Å². The van der Waals surface area contributed by atoms with Crippen molar-refractivity contribution in [3.05, 3.63) is 76.8 Å². The smallest absolute Gasteiger partial charge is 0.387 e. The van der Waals surface area contributed by atoms with E-state index in [4.69, 9.17) is 0 Å². The van der Waals surface area contributed by atoms with Crippen molar-refractivity contribution in [2.75, 3.05) is 5.32 Å². The largest absolute Gasteiger partial charge is 0.433 e. The van der Waals surface area contributed by atoms with Crippen LogP contribution < -0.4 is 10.1 Å². The second-order valence-electron chi connectivity index (χ2n) is 6.39. The molecule has 148 valence electrons. The quantitative estimate of drug-likeness (QED) is 0.466. The number of aromatic nitrogens is 2. The first kappa shape index (κ1) is 19.1. The van der Waals surface area contributed by atoms with Crippen molar-refractivity contribution in [2.45, 2.75) is 20.1 Å². The van der Waals surface area contributed by atoms with Gasteiger partial charge in [-0.3, -0.25) is 9.48 Å². The SMILES string of the molecule is Cc1nn(Cc2ccccc2)c2sc(C(=O)Nc3ccccc3OC(F)F)cc12. The minimum absolute atomic E-state index is 0.0802. The summed E-state index contributed by atoms with van der Waals surface area (Å²) < 4.78 is 31.5. The molecule has 0 radical (unpaired) electrons. The van der Waals surface area contributed by atoms with Crippen molar-refractivity contribution < 1.29 is 18.3 Å². The number of hydrogen-bond donors (Lipinski definition) is 1. The molecule has 1 N–H and O–H groups in total. The normalized spacial score (nSPS) is 11.2. The van der Waals surface area contributed by atoms with Gasteiger partial charge in [-0.25, -0.2) is 0 Å². The number of amides is 1. The van der Waals surface area contributed by atoms with Crippen LogP contribution in [-0.4, -0.2) is 22.3 Å². The number of para-hydroxylation sites is 2. The fourth-order valence-corrected chi connectivity index (χ4v) is 4.10. The van der Waals surface area contributed by atoms with Crippen molar-refractivity contribution >= 4 is 33.1 Å². The molecular weight excluding hydrogens is 396 g/mol. The number of fused-ring (bicyclic) bond motifs is 1.